The predicted molar refractivity (Wildman–Crippen MR) is 88.7 cm³/mol. The van der Waals surface area contributed by atoms with Crippen LogP contribution < -0.4 is 5.46 Å². The Balaban J connectivity index is 1.79. The van der Waals surface area contributed by atoms with Crippen molar-refractivity contribution in [2.24, 2.45) is 4.99 Å². The molecular weight excluding hydrogens is 277 g/mol. The second-order valence-electron chi connectivity index (χ2n) is 7.73. The molecule has 0 amide bonds. The van der Waals surface area contributed by atoms with Crippen LogP contribution in [0, 0.1) is 0 Å². The van der Waals surface area contributed by atoms with Crippen LogP contribution >= 0.6 is 0 Å². The van der Waals surface area contributed by atoms with Gasteiger partial charge >= 0.3 is 7.12 Å². The van der Waals surface area contributed by atoms with E-state index in [1.807, 2.05) is 24.3 Å². The number of ether oxygens (including phenoxy) is 1. The molecule has 22 heavy (non-hydrogen) atoms. The van der Waals surface area contributed by atoms with Gasteiger partial charge < -0.3 is 14.0 Å². The van der Waals surface area contributed by atoms with Crippen LogP contribution in [-0.2, 0) is 14.0 Å². The van der Waals surface area contributed by atoms with Gasteiger partial charge in [0.25, 0.3) is 0 Å². The highest BCUT2D eigenvalue weighted by molar-refractivity contribution is 6.62. The van der Waals surface area contributed by atoms with Crippen LogP contribution in [0.2, 0.25) is 0 Å². The van der Waals surface area contributed by atoms with Crippen LogP contribution in [0.3, 0.4) is 0 Å². The highest BCUT2D eigenvalue weighted by atomic mass is 16.7. The van der Waals surface area contributed by atoms with Crippen LogP contribution in [0.25, 0.3) is 0 Å². The van der Waals surface area contributed by atoms with Crippen LogP contribution in [0.4, 0.5) is 0 Å². The molecule has 0 aliphatic carbocycles. The summed E-state index contributed by atoms with van der Waals surface area (Å²) in [6.07, 6.45) is 0. The van der Waals surface area contributed by atoms with Crippen LogP contribution in [0.15, 0.2) is 29.3 Å². The normalized spacial score (nSPS) is 25.0. The fourth-order valence-electron chi connectivity index (χ4n) is 2.49. The molecule has 0 saturated carbocycles. The molecule has 0 radical (unpaired) electrons. The Morgan fingerprint density at radius 1 is 0.909 bits per heavy atom. The van der Waals surface area contributed by atoms with E-state index in [1.165, 1.54) is 0 Å². The van der Waals surface area contributed by atoms with Crippen molar-refractivity contribution in [1.29, 1.82) is 0 Å². The third-order valence-corrected chi connectivity index (χ3v) is 4.65. The number of rotatable bonds is 2. The van der Waals surface area contributed by atoms with Gasteiger partial charge in [-0.15, -0.1) is 0 Å². The molecule has 2 aliphatic rings. The fraction of sp³-hybridized carbons (Fsp3) is 0.588. The Morgan fingerprint density at radius 2 is 1.45 bits per heavy atom. The highest BCUT2D eigenvalue weighted by Crippen LogP contribution is 2.36. The molecule has 0 aromatic heterocycles. The quantitative estimate of drug-likeness (QED) is 0.788. The first-order chi connectivity index (χ1) is 10.1. The van der Waals surface area contributed by atoms with Crippen molar-refractivity contribution >= 4 is 18.5 Å². The fourth-order valence-corrected chi connectivity index (χ4v) is 2.49. The summed E-state index contributed by atoms with van der Waals surface area (Å²) in [5.74, 6) is 0.713. The van der Waals surface area contributed by atoms with Gasteiger partial charge in [-0.05, 0) is 59.1 Å². The standard InChI is InChI=1S/C17H24BNO3/c1-15(2)11-20-14(19-15)12-7-9-13(10-8-12)18-21-16(3,4)17(5,6)22-18/h7-10H,11H2,1-6H3. The summed E-state index contributed by atoms with van der Waals surface area (Å²) in [5.41, 5.74) is 1.23. The molecule has 5 heteroatoms. The smallest absolute Gasteiger partial charge is 0.475 e. The molecule has 3 rings (SSSR count). The molecule has 2 aliphatic heterocycles. The molecule has 0 N–H and O–H groups in total. The lowest BCUT2D eigenvalue weighted by Gasteiger charge is -2.32. The summed E-state index contributed by atoms with van der Waals surface area (Å²) in [6, 6.07) is 8.07. The average molecular weight is 301 g/mol. The Hall–Kier alpha value is -1.33. The van der Waals surface area contributed by atoms with Gasteiger partial charge in [0.15, 0.2) is 0 Å². The predicted octanol–water partition coefficient (Wildman–Crippen LogP) is 2.54. The first-order valence-electron chi connectivity index (χ1n) is 7.78. The molecule has 2 heterocycles. The van der Waals surface area contributed by atoms with E-state index >= 15 is 0 Å². The van der Waals surface area contributed by atoms with E-state index in [4.69, 9.17) is 14.0 Å². The maximum atomic E-state index is 6.06. The minimum atomic E-state index is -0.332. The molecule has 1 fully saturated rings. The van der Waals surface area contributed by atoms with Crippen LogP contribution in [0.5, 0.6) is 0 Å². The molecule has 0 bridgehead atoms. The first-order valence-corrected chi connectivity index (χ1v) is 7.78. The monoisotopic (exact) mass is 301 g/mol. The van der Waals surface area contributed by atoms with E-state index in [0.29, 0.717) is 12.5 Å². The molecule has 4 nitrogen and oxygen atoms in total. The van der Waals surface area contributed by atoms with Gasteiger partial charge in [0, 0.05) is 5.56 Å². The molecular formula is C17H24BNO3. The lowest BCUT2D eigenvalue weighted by atomic mass is 9.79. The molecule has 1 saturated heterocycles. The zero-order chi connectivity index (χ0) is 16.2. The van der Waals surface area contributed by atoms with Crippen molar-refractivity contribution < 1.29 is 14.0 Å². The Kier molecular flexibility index (Phi) is 3.42. The summed E-state index contributed by atoms with van der Waals surface area (Å²) in [7, 11) is -0.332. The summed E-state index contributed by atoms with van der Waals surface area (Å²) in [6.45, 7) is 13.0. The zero-order valence-corrected chi connectivity index (χ0v) is 14.3. The SMILES string of the molecule is CC1(C)COC(c2ccc(B3OC(C)(C)C(C)(C)O3)cc2)=N1. The van der Waals surface area contributed by atoms with Crippen molar-refractivity contribution in [3.63, 3.8) is 0 Å². The van der Waals surface area contributed by atoms with Gasteiger partial charge in [0.1, 0.15) is 6.61 Å². The first kappa shape index (κ1) is 15.6. The van der Waals surface area contributed by atoms with Gasteiger partial charge in [-0.3, -0.25) is 0 Å². The van der Waals surface area contributed by atoms with Crippen LogP contribution in [0.1, 0.15) is 47.1 Å². The van der Waals surface area contributed by atoms with E-state index < -0.39 is 0 Å². The number of aliphatic imine (C=N–C) groups is 1. The Morgan fingerprint density at radius 3 is 1.91 bits per heavy atom. The minimum absolute atomic E-state index is 0.139. The van der Waals surface area contributed by atoms with Gasteiger partial charge in [-0.25, -0.2) is 4.99 Å². The van der Waals surface area contributed by atoms with Crippen LogP contribution in [-0.4, -0.2) is 36.4 Å². The molecule has 1 aromatic carbocycles. The van der Waals surface area contributed by atoms with Gasteiger partial charge in [-0.2, -0.15) is 0 Å². The van der Waals surface area contributed by atoms with Gasteiger partial charge in [0.05, 0.1) is 16.7 Å². The molecule has 118 valence electrons. The van der Waals surface area contributed by atoms with E-state index in [9.17, 15) is 0 Å². The summed E-state index contributed by atoms with van der Waals surface area (Å²) < 4.78 is 17.8. The molecule has 0 unspecified atom stereocenters. The lowest BCUT2D eigenvalue weighted by Crippen LogP contribution is -2.41. The third-order valence-electron chi connectivity index (χ3n) is 4.65. The second kappa shape index (κ2) is 4.83. The second-order valence-corrected chi connectivity index (χ2v) is 7.73. The number of benzene rings is 1. The molecule has 1 aromatic rings. The maximum absolute atomic E-state index is 6.06. The van der Waals surface area contributed by atoms with E-state index in [-0.39, 0.29) is 23.9 Å². The van der Waals surface area contributed by atoms with E-state index in [1.54, 1.807) is 0 Å². The summed E-state index contributed by atoms with van der Waals surface area (Å²) >= 11 is 0. The highest BCUT2D eigenvalue weighted by Gasteiger charge is 2.51. The molecule has 0 spiro atoms. The van der Waals surface area contributed by atoms with Gasteiger partial charge in [0.2, 0.25) is 5.90 Å². The molecule has 0 atom stereocenters. The third kappa shape index (κ3) is 2.68. The maximum Gasteiger partial charge on any atom is 0.494 e. The number of hydrogen-bond donors (Lipinski definition) is 0. The minimum Gasteiger partial charge on any atom is -0.475 e. The average Bonchev–Trinajstić information content (AvgIpc) is 2.87. The van der Waals surface area contributed by atoms with E-state index in [2.05, 4.69) is 46.5 Å². The van der Waals surface area contributed by atoms with Crippen molar-refractivity contribution in [1.82, 2.24) is 0 Å². The van der Waals surface area contributed by atoms with Crippen molar-refractivity contribution in [2.75, 3.05) is 6.61 Å². The van der Waals surface area contributed by atoms with Crippen molar-refractivity contribution in [3.05, 3.63) is 29.8 Å². The number of nitrogens with zero attached hydrogens (tertiary/aromatic N) is 1. The largest absolute Gasteiger partial charge is 0.494 e. The Bertz CT molecular complexity index is 589. The topological polar surface area (TPSA) is 40.0 Å². The number of hydrogen-bond acceptors (Lipinski definition) is 4. The Labute approximate surface area is 133 Å². The van der Waals surface area contributed by atoms with E-state index in [0.717, 1.165) is 11.0 Å². The van der Waals surface area contributed by atoms with Crippen molar-refractivity contribution in [2.45, 2.75) is 58.3 Å². The summed E-state index contributed by atoms with van der Waals surface area (Å²) in [5, 5.41) is 0. The van der Waals surface area contributed by atoms with Gasteiger partial charge in [-0.1, -0.05) is 12.1 Å². The van der Waals surface area contributed by atoms with Crippen molar-refractivity contribution in [3.8, 4) is 0 Å². The lowest BCUT2D eigenvalue weighted by molar-refractivity contribution is 0.00578. The summed E-state index contributed by atoms with van der Waals surface area (Å²) in [4.78, 5) is 4.60. The zero-order valence-electron chi connectivity index (χ0n) is 14.3.